The van der Waals surface area contributed by atoms with Gasteiger partial charge in [0, 0.05) is 24.7 Å². The van der Waals surface area contributed by atoms with Crippen LogP contribution in [-0.4, -0.2) is 36.2 Å². The van der Waals surface area contributed by atoms with Crippen molar-refractivity contribution in [1.82, 2.24) is 10.2 Å². The van der Waals surface area contributed by atoms with Crippen LogP contribution in [0.1, 0.15) is 32.4 Å². The van der Waals surface area contributed by atoms with Crippen molar-refractivity contribution >= 4 is 17.7 Å². The maximum atomic E-state index is 13.1. The van der Waals surface area contributed by atoms with Crippen molar-refractivity contribution < 1.29 is 13.9 Å². The smallest absolute Gasteiger partial charge is 0.410 e. The number of halogens is 2. The fourth-order valence-corrected chi connectivity index (χ4v) is 2.53. The Morgan fingerprint density at radius 2 is 2.19 bits per heavy atom. The zero-order chi connectivity index (χ0) is 15.6. The van der Waals surface area contributed by atoms with E-state index in [1.165, 1.54) is 12.1 Å². The van der Waals surface area contributed by atoms with Crippen molar-refractivity contribution in [3.63, 3.8) is 0 Å². The van der Waals surface area contributed by atoms with Gasteiger partial charge in [0.05, 0.1) is 6.04 Å². The number of carbonyl (C=O) groups is 1. The molecule has 0 unspecified atom stereocenters. The summed E-state index contributed by atoms with van der Waals surface area (Å²) in [6, 6.07) is 4.17. The molecule has 4 nitrogen and oxygen atoms in total. The van der Waals surface area contributed by atoms with Crippen molar-refractivity contribution in [3.05, 3.63) is 34.6 Å². The molecular formula is C15H20ClFN2O2. The van der Waals surface area contributed by atoms with Gasteiger partial charge in [-0.25, -0.2) is 9.18 Å². The molecule has 1 aliphatic rings. The summed E-state index contributed by atoms with van der Waals surface area (Å²) >= 11 is 6.08. The lowest BCUT2D eigenvalue weighted by Gasteiger charge is -2.35. The first kappa shape index (κ1) is 16.0. The van der Waals surface area contributed by atoms with Crippen molar-refractivity contribution in [1.29, 1.82) is 0 Å². The first-order valence-electron chi connectivity index (χ1n) is 6.92. The average Bonchev–Trinajstić information content (AvgIpc) is 2.37. The van der Waals surface area contributed by atoms with E-state index in [4.69, 9.17) is 16.3 Å². The largest absolute Gasteiger partial charge is 0.444 e. The number of benzene rings is 1. The minimum atomic E-state index is -0.523. The normalized spacial score (nSPS) is 19.5. The number of nitrogens with one attached hydrogen (secondary N) is 1. The molecule has 2 rings (SSSR count). The van der Waals surface area contributed by atoms with E-state index in [0.29, 0.717) is 24.7 Å². The van der Waals surface area contributed by atoms with Gasteiger partial charge in [-0.05, 0) is 38.5 Å². The monoisotopic (exact) mass is 314 g/mol. The van der Waals surface area contributed by atoms with E-state index in [2.05, 4.69) is 5.32 Å². The fraction of sp³-hybridized carbons (Fsp3) is 0.533. The Kier molecular flexibility index (Phi) is 4.74. The van der Waals surface area contributed by atoms with Gasteiger partial charge >= 0.3 is 6.09 Å². The Hall–Kier alpha value is -1.33. The summed E-state index contributed by atoms with van der Waals surface area (Å²) in [5, 5.41) is 3.65. The van der Waals surface area contributed by atoms with Gasteiger partial charge in [-0.1, -0.05) is 17.7 Å². The Morgan fingerprint density at radius 1 is 1.48 bits per heavy atom. The number of carbonyl (C=O) groups excluding carboxylic acids is 1. The van der Waals surface area contributed by atoms with Crippen molar-refractivity contribution in [2.45, 2.75) is 32.4 Å². The summed E-state index contributed by atoms with van der Waals surface area (Å²) in [6.07, 6.45) is -0.341. The first-order chi connectivity index (χ1) is 9.76. The molecule has 1 saturated heterocycles. The predicted octanol–water partition coefficient (Wildman–Crippen LogP) is 3.36. The Bertz CT molecular complexity index is 531. The van der Waals surface area contributed by atoms with Crippen LogP contribution in [0.2, 0.25) is 5.02 Å². The predicted molar refractivity (Wildman–Crippen MR) is 80.0 cm³/mol. The van der Waals surface area contributed by atoms with Crippen LogP contribution in [0.4, 0.5) is 9.18 Å². The van der Waals surface area contributed by atoms with Gasteiger partial charge in [-0.3, -0.25) is 0 Å². The number of rotatable bonds is 1. The molecular weight excluding hydrogens is 295 g/mol. The molecule has 1 amide bonds. The van der Waals surface area contributed by atoms with Crippen molar-refractivity contribution in [2.24, 2.45) is 0 Å². The molecule has 1 fully saturated rings. The zero-order valence-corrected chi connectivity index (χ0v) is 13.2. The minimum absolute atomic E-state index is 0.126. The summed E-state index contributed by atoms with van der Waals surface area (Å²) in [6.45, 7) is 7.16. The second-order valence-electron chi connectivity index (χ2n) is 6.10. The molecule has 0 bridgehead atoms. The maximum Gasteiger partial charge on any atom is 0.410 e. The van der Waals surface area contributed by atoms with Gasteiger partial charge in [0.2, 0.25) is 0 Å². The third-order valence-corrected chi connectivity index (χ3v) is 3.49. The highest BCUT2D eigenvalue weighted by atomic mass is 35.5. The van der Waals surface area contributed by atoms with Crippen molar-refractivity contribution in [2.75, 3.05) is 19.6 Å². The fourth-order valence-electron chi connectivity index (χ4n) is 2.23. The number of ether oxygens (including phenoxy) is 1. The number of piperazine rings is 1. The molecule has 1 N–H and O–H groups in total. The van der Waals surface area contributed by atoms with Crippen LogP contribution in [0.15, 0.2) is 18.2 Å². The Labute approximate surface area is 129 Å². The molecule has 1 heterocycles. The van der Waals surface area contributed by atoms with Crippen LogP contribution in [0.3, 0.4) is 0 Å². The van der Waals surface area contributed by atoms with E-state index in [0.717, 1.165) is 5.56 Å². The lowest BCUT2D eigenvalue weighted by molar-refractivity contribution is 0.0195. The second-order valence-corrected chi connectivity index (χ2v) is 6.51. The molecule has 0 aromatic heterocycles. The lowest BCUT2D eigenvalue weighted by Crippen LogP contribution is -2.49. The molecule has 0 radical (unpaired) electrons. The highest BCUT2D eigenvalue weighted by Crippen LogP contribution is 2.26. The first-order valence-corrected chi connectivity index (χ1v) is 7.30. The Morgan fingerprint density at radius 3 is 2.81 bits per heavy atom. The summed E-state index contributed by atoms with van der Waals surface area (Å²) in [5.74, 6) is -0.372. The number of nitrogens with zero attached hydrogens (tertiary/aromatic N) is 1. The van der Waals surface area contributed by atoms with Crippen molar-refractivity contribution in [3.8, 4) is 0 Å². The summed E-state index contributed by atoms with van der Waals surface area (Å²) in [5.41, 5.74) is 0.261. The van der Waals surface area contributed by atoms with E-state index in [1.807, 2.05) is 20.8 Å². The van der Waals surface area contributed by atoms with Gasteiger partial charge < -0.3 is 15.0 Å². The molecule has 21 heavy (non-hydrogen) atoms. The number of hydrogen-bond acceptors (Lipinski definition) is 3. The van der Waals surface area contributed by atoms with E-state index in [1.54, 1.807) is 11.0 Å². The van der Waals surface area contributed by atoms with Crippen LogP contribution in [0, 0.1) is 5.82 Å². The van der Waals surface area contributed by atoms with E-state index in [9.17, 15) is 9.18 Å². The standard InChI is InChI=1S/C15H20ClFN2O2/c1-15(2,3)21-14(20)19-7-6-18-13(9-19)11-5-4-10(17)8-12(11)16/h4-5,8,13,18H,6-7,9H2,1-3H3/t13-/m0/s1. The van der Waals surface area contributed by atoms with Crippen LogP contribution in [-0.2, 0) is 4.74 Å². The molecule has 1 aromatic rings. The van der Waals surface area contributed by atoms with Gasteiger partial charge in [0.1, 0.15) is 11.4 Å². The van der Waals surface area contributed by atoms with Crippen LogP contribution in [0.5, 0.6) is 0 Å². The van der Waals surface area contributed by atoms with E-state index < -0.39 is 5.60 Å². The topological polar surface area (TPSA) is 41.6 Å². The molecule has 1 atom stereocenters. The summed E-state index contributed by atoms with van der Waals surface area (Å²) in [4.78, 5) is 13.8. The molecule has 1 aliphatic heterocycles. The van der Waals surface area contributed by atoms with Gasteiger partial charge in [-0.2, -0.15) is 0 Å². The highest BCUT2D eigenvalue weighted by molar-refractivity contribution is 6.31. The molecule has 1 aromatic carbocycles. The van der Waals surface area contributed by atoms with E-state index in [-0.39, 0.29) is 18.0 Å². The second kappa shape index (κ2) is 6.20. The summed E-state index contributed by atoms with van der Waals surface area (Å²) in [7, 11) is 0. The van der Waals surface area contributed by atoms with Gasteiger partial charge in [-0.15, -0.1) is 0 Å². The molecule has 116 valence electrons. The maximum absolute atomic E-state index is 13.1. The molecule has 0 spiro atoms. The highest BCUT2D eigenvalue weighted by Gasteiger charge is 2.28. The SMILES string of the molecule is CC(C)(C)OC(=O)N1CCN[C@H](c2ccc(F)cc2Cl)C1. The number of amides is 1. The van der Waals surface area contributed by atoms with Gasteiger partial charge in [0.15, 0.2) is 0 Å². The third kappa shape index (κ3) is 4.32. The third-order valence-electron chi connectivity index (χ3n) is 3.17. The number of hydrogen-bond donors (Lipinski definition) is 1. The van der Waals surface area contributed by atoms with Gasteiger partial charge in [0.25, 0.3) is 0 Å². The molecule has 0 saturated carbocycles. The minimum Gasteiger partial charge on any atom is -0.444 e. The summed E-state index contributed by atoms with van der Waals surface area (Å²) < 4.78 is 18.5. The van der Waals surface area contributed by atoms with Crippen LogP contribution in [0.25, 0.3) is 0 Å². The quantitative estimate of drug-likeness (QED) is 0.864. The molecule has 0 aliphatic carbocycles. The van der Waals surface area contributed by atoms with E-state index >= 15 is 0 Å². The Balaban J connectivity index is 2.08. The average molecular weight is 315 g/mol. The van der Waals surface area contributed by atoms with Crippen LogP contribution >= 0.6 is 11.6 Å². The zero-order valence-electron chi connectivity index (χ0n) is 12.5. The van der Waals surface area contributed by atoms with Crippen LogP contribution < -0.4 is 5.32 Å². The lowest BCUT2D eigenvalue weighted by atomic mass is 10.0. The molecule has 6 heteroatoms.